The number of halogens is 2. The number of nitrogens with one attached hydrogen (secondary N) is 1. The van der Waals surface area contributed by atoms with Crippen LogP contribution >= 0.6 is 11.6 Å². The molecule has 2 aliphatic heterocycles. The minimum absolute atomic E-state index is 0.0574. The van der Waals surface area contributed by atoms with Gasteiger partial charge in [0.25, 0.3) is 11.8 Å². The molecule has 1 spiro atoms. The van der Waals surface area contributed by atoms with Crippen molar-refractivity contribution in [2.45, 2.75) is 43.5 Å². The van der Waals surface area contributed by atoms with E-state index in [1.54, 1.807) is 29.2 Å². The Morgan fingerprint density at radius 2 is 1.68 bits per heavy atom. The average molecular weight is 486 g/mol. The molecule has 3 fully saturated rings. The Balaban J connectivity index is 1.38. The van der Waals surface area contributed by atoms with Crippen molar-refractivity contribution in [3.05, 3.63) is 70.5 Å². The van der Waals surface area contributed by atoms with Crippen LogP contribution in [0.4, 0.5) is 4.39 Å². The Bertz CT molecular complexity index is 1130. The quantitative estimate of drug-likeness (QED) is 0.721. The molecule has 0 radical (unpaired) electrons. The zero-order valence-electron chi connectivity index (χ0n) is 18.5. The second-order valence-corrected chi connectivity index (χ2v) is 9.48. The Morgan fingerprint density at radius 3 is 2.32 bits per heavy atom. The van der Waals surface area contributed by atoms with Crippen LogP contribution in [0.3, 0.4) is 0 Å². The number of carbonyl (C=O) groups is 3. The van der Waals surface area contributed by atoms with Crippen LogP contribution in [0.5, 0.6) is 0 Å². The molecule has 1 aliphatic carbocycles. The number of piperidine rings is 1. The molecule has 1 unspecified atom stereocenters. The van der Waals surface area contributed by atoms with Crippen molar-refractivity contribution in [2.75, 3.05) is 19.7 Å². The van der Waals surface area contributed by atoms with Crippen molar-refractivity contribution in [3.63, 3.8) is 0 Å². The number of nitrogens with zero attached hydrogens (tertiary/aromatic N) is 2. The molecule has 2 aromatic rings. The van der Waals surface area contributed by atoms with E-state index in [4.69, 9.17) is 16.3 Å². The minimum atomic E-state index is -1.04. The molecule has 9 heteroatoms. The van der Waals surface area contributed by atoms with Crippen molar-refractivity contribution in [2.24, 2.45) is 0 Å². The lowest BCUT2D eigenvalue weighted by atomic mass is 9.96. The highest BCUT2D eigenvalue weighted by Gasteiger charge is 2.54. The summed E-state index contributed by atoms with van der Waals surface area (Å²) in [6.45, 7) is 0.742. The molecule has 3 aliphatic rings. The highest BCUT2D eigenvalue weighted by atomic mass is 35.5. The fourth-order valence-electron chi connectivity index (χ4n) is 4.72. The number of hydrogen-bond donors (Lipinski definition) is 1. The first-order valence-electron chi connectivity index (χ1n) is 11.4. The maximum Gasteiger partial charge on any atom is 0.256 e. The molecule has 0 bridgehead atoms. The van der Waals surface area contributed by atoms with Crippen molar-refractivity contribution >= 4 is 29.3 Å². The van der Waals surface area contributed by atoms with E-state index in [2.05, 4.69) is 5.32 Å². The summed E-state index contributed by atoms with van der Waals surface area (Å²) in [6.07, 6.45) is 2.52. The van der Waals surface area contributed by atoms with E-state index >= 15 is 0 Å². The molecular weight excluding hydrogens is 461 g/mol. The molecule has 34 heavy (non-hydrogen) atoms. The van der Waals surface area contributed by atoms with Gasteiger partial charge in [-0.3, -0.25) is 19.3 Å². The maximum absolute atomic E-state index is 13.9. The monoisotopic (exact) mass is 485 g/mol. The van der Waals surface area contributed by atoms with Crippen LogP contribution in [-0.2, 0) is 9.53 Å². The third-order valence-electron chi connectivity index (χ3n) is 6.68. The first-order chi connectivity index (χ1) is 16.4. The third kappa shape index (κ3) is 4.40. The highest BCUT2D eigenvalue weighted by Crippen LogP contribution is 2.39. The van der Waals surface area contributed by atoms with Gasteiger partial charge in [0.05, 0.1) is 6.61 Å². The predicted octanol–water partition coefficient (Wildman–Crippen LogP) is 3.23. The smallest absolute Gasteiger partial charge is 0.256 e. The molecule has 0 aromatic heterocycles. The van der Waals surface area contributed by atoms with Crippen LogP contribution in [0, 0.1) is 5.82 Å². The zero-order chi connectivity index (χ0) is 23.9. The fraction of sp³-hybridized carbons (Fsp3) is 0.400. The van der Waals surface area contributed by atoms with Crippen LogP contribution in [-0.4, -0.2) is 65.0 Å². The van der Waals surface area contributed by atoms with Crippen LogP contribution in [0.15, 0.2) is 48.5 Å². The van der Waals surface area contributed by atoms with Gasteiger partial charge >= 0.3 is 0 Å². The second kappa shape index (κ2) is 9.00. The van der Waals surface area contributed by atoms with E-state index in [0.29, 0.717) is 36.5 Å². The number of likely N-dealkylation sites (tertiary alicyclic amines) is 1. The van der Waals surface area contributed by atoms with Gasteiger partial charge in [-0.25, -0.2) is 4.39 Å². The minimum Gasteiger partial charge on any atom is -0.353 e. The summed E-state index contributed by atoms with van der Waals surface area (Å²) in [7, 11) is 0. The third-order valence-corrected chi connectivity index (χ3v) is 6.92. The Kier molecular flexibility index (Phi) is 6.04. The summed E-state index contributed by atoms with van der Waals surface area (Å²) >= 11 is 6.04. The number of hydrogen-bond acceptors (Lipinski definition) is 4. The van der Waals surface area contributed by atoms with E-state index in [0.717, 1.165) is 12.8 Å². The normalized spacial score (nSPS) is 21.5. The molecule has 2 aromatic carbocycles. The first-order valence-corrected chi connectivity index (χ1v) is 11.8. The van der Waals surface area contributed by atoms with E-state index in [1.165, 1.54) is 29.2 Å². The summed E-state index contributed by atoms with van der Waals surface area (Å²) in [5, 5.41) is 3.44. The Labute approximate surface area is 201 Å². The summed E-state index contributed by atoms with van der Waals surface area (Å²) in [5.74, 6) is -1.40. The lowest BCUT2D eigenvalue weighted by Gasteiger charge is -2.44. The highest BCUT2D eigenvalue weighted by molar-refractivity contribution is 6.30. The fourth-order valence-corrected chi connectivity index (χ4v) is 4.91. The molecule has 1 atom stereocenters. The van der Waals surface area contributed by atoms with Gasteiger partial charge in [-0.05, 0) is 49.2 Å². The van der Waals surface area contributed by atoms with E-state index < -0.39 is 23.5 Å². The van der Waals surface area contributed by atoms with Crippen molar-refractivity contribution in [1.82, 2.24) is 15.1 Å². The van der Waals surface area contributed by atoms with E-state index in [1.807, 2.05) is 0 Å². The largest absolute Gasteiger partial charge is 0.353 e. The van der Waals surface area contributed by atoms with Crippen LogP contribution in [0.25, 0.3) is 0 Å². The SMILES string of the molecule is O=C(NC1CC1)C1COC2(CCN(C(=O)c3cccc(Cl)c3)CC2)N1C(=O)c1cccc(F)c1. The number of rotatable bonds is 4. The number of ether oxygens (including phenoxy) is 1. The van der Waals surface area contributed by atoms with Crippen LogP contribution in [0.1, 0.15) is 46.4 Å². The van der Waals surface area contributed by atoms with Crippen molar-refractivity contribution in [3.8, 4) is 0 Å². The van der Waals surface area contributed by atoms with Crippen molar-refractivity contribution in [1.29, 1.82) is 0 Å². The standard InChI is InChI=1S/C25H25ClFN3O4/c26-18-5-1-3-16(13-18)23(32)29-11-9-25(10-12-29)30(24(33)17-4-2-6-19(27)14-17)21(15-34-25)22(31)28-20-7-8-20/h1-6,13-14,20-21H,7-12,15H2,(H,28,31). The summed E-state index contributed by atoms with van der Waals surface area (Å²) < 4.78 is 20.0. The maximum atomic E-state index is 13.9. The lowest BCUT2D eigenvalue weighted by molar-refractivity contribution is -0.128. The van der Waals surface area contributed by atoms with Crippen molar-refractivity contribution < 1.29 is 23.5 Å². The van der Waals surface area contributed by atoms with Gasteiger partial charge in [0, 0.05) is 48.1 Å². The number of carbonyl (C=O) groups excluding carboxylic acids is 3. The molecular formula is C25H25ClFN3O4. The van der Waals surface area contributed by atoms with E-state index in [-0.39, 0.29) is 30.0 Å². The Hall–Kier alpha value is -2.97. The summed E-state index contributed by atoms with van der Waals surface area (Å²) in [5.41, 5.74) is -0.392. The second-order valence-electron chi connectivity index (χ2n) is 9.04. The van der Waals surface area contributed by atoms with Gasteiger partial charge in [-0.2, -0.15) is 0 Å². The summed E-state index contributed by atoms with van der Waals surface area (Å²) in [4.78, 5) is 42.7. The van der Waals surface area contributed by atoms with Crippen LogP contribution < -0.4 is 5.32 Å². The van der Waals surface area contributed by atoms with Gasteiger partial charge in [-0.1, -0.05) is 23.7 Å². The number of amides is 3. The summed E-state index contributed by atoms with van der Waals surface area (Å²) in [6, 6.07) is 11.5. The Morgan fingerprint density at radius 1 is 1.00 bits per heavy atom. The first kappa shape index (κ1) is 22.8. The van der Waals surface area contributed by atoms with Crippen LogP contribution in [0.2, 0.25) is 5.02 Å². The molecule has 2 saturated heterocycles. The molecule has 7 nitrogen and oxygen atoms in total. The van der Waals surface area contributed by atoms with Gasteiger partial charge in [0.1, 0.15) is 17.6 Å². The lowest BCUT2D eigenvalue weighted by Crippen LogP contribution is -2.60. The molecule has 2 heterocycles. The van der Waals surface area contributed by atoms with Gasteiger partial charge in [0.15, 0.2) is 0 Å². The molecule has 178 valence electrons. The van der Waals surface area contributed by atoms with E-state index in [9.17, 15) is 18.8 Å². The zero-order valence-corrected chi connectivity index (χ0v) is 19.3. The predicted molar refractivity (Wildman–Crippen MR) is 123 cm³/mol. The van der Waals surface area contributed by atoms with Gasteiger partial charge in [-0.15, -0.1) is 0 Å². The molecule has 5 rings (SSSR count). The average Bonchev–Trinajstić information content (AvgIpc) is 3.58. The molecule has 3 amide bonds. The molecule has 1 N–H and O–H groups in total. The number of benzene rings is 2. The molecule has 1 saturated carbocycles. The topological polar surface area (TPSA) is 79.0 Å². The van der Waals surface area contributed by atoms with Gasteiger partial charge in [0.2, 0.25) is 5.91 Å². The van der Waals surface area contributed by atoms with Gasteiger partial charge < -0.3 is 15.0 Å².